The minimum Gasteiger partial charge on any atom is -0.349 e. The number of hydrogen-bond donors (Lipinski definition) is 1. The Bertz CT molecular complexity index is 1220. The zero-order valence-electron chi connectivity index (χ0n) is 19.7. The molecule has 1 N–H and O–H groups in total. The average molecular weight is 455 g/mol. The van der Waals surface area contributed by atoms with E-state index in [2.05, 4.69) is 10.4 Å². The van der Waals surface area contributed by atoms with E-state index < -0.39 is 0 Å². The number of carbonyl (C=O) groups excluding carboxylic acids is 2. The van der Waals surface area contributed by atoms with Crippen LogP contribution in [0.1, 0.15) is 58.6 Å². The van der Waals surface area contributed by atoms with E-state index in [1.54, 1.807) is 6.08 Å². The van der Waals surface area contributed by atoms with Crippen molar-refractivity contribution in [3.05, 3.63) is 88.8 Å². The molecule has 6 nitrogen and oxygen atoms in total. The van der Waals surface area contributed by atoms with Gasteiger partial charge in [0.15, 0.2) is 0 Å². The Morgan fingerprint density at radius 2 is 1.74 bits per heavy atom. The topological polar surface area (TPSA) is 67.2 Å². The van der Waals surface area contributed by atoms with Crippen LogP contribution in [-0.4, -0.2) is 38.6 Å². The first-order valence-electron chi connectivity index (χ1n) is 12.0. The molecule has 2 amide bonds. The lowest BCUT2D eigenvalue weighted by Crippen LogP contribution is -2.31. The molecule has 2 saturated carbocycles. The molecule has 2 fully saturated rings. The van der Waals surface area contributed by atoms with Crippen LogP contribution < -0.4 is 5.32 Å². The lowest BCUT2D eigenvalue weighted by Gasteiger charge is -2.21. The Hall–Kier alpha value is -3.67. The van der Waals surface area contributed by atoms with E-state index in [1.807, 2.05) is 84.1 Å². The van der Waals surface area contributed by atoms with Gasteiger partial charge in [-0.05, 0) is 75.4 Å². The Morgan fingerprint density at radius 1 is 1.03 bits per heavy atom. The van der Waals surface area contributed by atoms with Gasteiger partial charge in [-0.25, -0.2) is 4.68 Å². The summed E-state index contributed by atoms with van der Waals surface area (Å²) in [4.78, 5) is 27.3. The first-order chi connectivity index (χ1) is 16.5. The predicted octanol–water partition coefficient (Wildman–Crippen LogP) is 4.59. The first-order valence-corrected chi connectivity index (χ1v) is 12.0. The summed E-state index contributed by atoms with van der Waals surface area (Å²) in [6, 6.07) is 18.2. The molecule has 0 unspecified atom stereocenters. The lowest BCUT2D eigenvalue weighted by molar-refractivity contribution is -0.127. The van der Waals surface area contributed by atoms with Gasteiger partial charge in [-0.2, -0.15) is 5.10 Å². The lowest BCUT2D eigenvalue weighted by atomic mass is 10.1. The third-order valence-corrected chi connectivity index (χ3v) is 6.49. The minimum atomic E-state index is -0.0195. The predicted molar refractivity (Wildman–Crippen MR) is 133 cm³/mol. The number of carbonyl (C=O) groups is 2. The van der Waals surface area contributed by atoms with Gasteiger partial charge in [0.2, 0.25) is 5.91 Å². The van der Waals surface area contributed by atoms with Crippen LogP contribution in [0.3, 0.4) is 0 Å². The fraction of sp³-hybridized carbons (Fsp3) is 0.321. The number of aromatic nitrogens is 2. The van der Waals surface area contributed by atoms with Crippen LogP contribution in [0.2, 0.25) is 0 Å². The van der Waals surface area contributed by atoms with Crippen LogP contribution in [-0.2, 0) is 11.3 Å². The number of rotatable bonds is 8. The molecule has 0 radical (unpaired) electrons. The van der Waals surface area contributed by atoms with Crippen LogP contribution in [0.5, 0.6) is 0 Å². The van der Waals surface area contributed by atoms with Crippen LogP contribution in [0.15, 0.2) is 60.7 Å². The molecule has 174 valence electrons. The second-order valence-electron chi connectivity index (χ2n) is 9.31. The van der Waals surface area contributed by atoms with E-state index in [0.29, 0.717) is 18.2 Å². The quantitative estimate of drug-likeness (QED) is 0.507. The largest absolute Gasteiger partial charge is 0.349 e. The number of para-hydroxylation sites is 1. The fourth-order valence-electron chi connectivity index (χ4n) is 4.19. The van der Waals surface area contributed by atoms with Crippen molar-refractivity contribution in [2.24, 2.45) is 0 Å². The van der Waals surface area contributed by atoms with Crippen molar-refractivity contribution in [3.63, 3.8) is 0 Å². The maximum atomic E-state index is 13.2. The van der Waals surface area contributed by atoms with Gasteiger partial charge in [0.05, 0.1) is 11.4 Å². The summed E-state index contributed by atoms with van der Waals surface area (Å²) >= 11 is 0. The number of nitrogens with one attached hydrogen (secondary N) is 1. The van der Waals surface area contributed by atoms with Gasteiger partial charge in [0, 0.05) is 41.5 Å². The maximum absolute atomic E-state index is 13.2. The van der Waals surface area contributed by atoms with Gasteiger partial charge in [-0.1, -0.05) is 30.3 Å². The van der Waals surface area contributed by atoms with Gasteiger partial charge in [-0.3, -0.25) is 9.59 Å². The van der Waals surface area contributed by atoms with E-state index in [-0.39, 0.29) is 17.9 Å². The number of hydrogen-bond acceptors (Lipinski definition) is 3. The molecule has 0 bridgehead atoms. The minimum absolute atomic E-state index is 0.00399. The second kappa shape index (κ2) is 9.29. The summed E-state index contributed by atoms with van der Waals surface area (Å²) in [6.07, 6.45) is 7.77. The molecule has 0 spiro atoms. The van der Waals surface area contributed by atoms with Crippen molar-refractivity contribution in [1.29, 1.82) is 0 Å². The molecule has 2 aromatic carbocycles. The highest BCUT2D eigenvalue weighted by atomic mass is 16.2. The average Bonchev–Trinajstić information content (AvgIpc) is 3.77. The summed E-state index contributed by atoms with van der Waals surface area (Å²) in [5.41, 5.74) is 5.57. The molecule has 0 saturated heterocycles. The van der Waals surface area contributed by atoms with Crippen LogP contribution >= 0.6 is 0 Å². The zero-order chi connectivity index (χ0) is 23.7. The summed E-state index contributed by atoms with van der Waals surface area (Å²) in [6.45, 7) is 4.53. The summed E-state index contributed by atoms with van der Waals surface area (Å²) in [7, 11) is 0. The van der Waals surface area contributed by atoms with E-state index in [4.69, 9.17) is 0 Å². The highest BCUT2D eigenvalue weighted by Gasteiger charge is 2.31. The molecule has 2 aliphatic rings. The molecular formula is C28H30N4O2. The van der Waals surface area contributed by atoms with Crippen LogP contribution in [0.25, 0.3) is 11.8 Å². The third kappa shape index (κ3) is 4.96. The summed E-state index contributed by atoms with van der Waals surface area (Å²) in [5, 5.41) is 7.68. The van der Waals surface area contributed by atoms with Gasteiger partial charge in [0.1, 0.15) is 0 Å². The maximum Gasteiger partial charge on any atom is 0.251 e. The molecule has 0 aliphatic heterocycles. The first kappa shape index (κ1) is 22.1. The molecule has 1 aromatic heterocycles. The molecule has 6 heteroatoms. The van der Waals surface area contributed by atoms with Crippen molar-refractivity contribution in [1.82, 2.24) is 20.0 Å². The monoisotopic (exact) mass is 454 g/mol. The number of nitrogens with zero attached hydrogens (tertiary/aromatic N) is 3. The normalized spacial score (nSPS) is 15.5. The van der Waals surface area contributed by atoms with Crippen molar-refractivity contribution < 1.29 is 9.59 Å². The Labute approximate surface area is 200 Å². The molecular weight excluding hydrogens is 424 g/mol. The molecule has 2 aliphatic carbocycles. The molecule has 34 heavy (non-hydrogen) atoms. The van der Waals surface area contributed by atoms with Gasteiger partial charge in [-0.15, -0.1) is 0 Å². The third-order valence-electron chi connectivity index (χ3n) is 6.49. The molecule has 5 rings (SSSR count). The Morgan fingerprint density at radius 3 is 2.38 bits per heavy atom. The standard InChI is InChI=1S/C28H30N4O2/c1-19-26(20(2)32(30-19)25-6-4-3-5-7-25)16-17-27(33)31(24-14-15-24)18-21-8-10-22(11-9-21)28(34)29-23-12-13-23/h3-11,16-17,23-24H,12-15,18H2,1-2H3,(H,29,34)/b17-16+. The highest BCUT2D eigenvalue weighted by molar-refractivity contribution is 5.94. The number of aryl methyl sites for hydroxylation is 1. The number of amides is 2. The van der Waals surface area contributed by atoms with Crippen molar-refractivity contribution in [2.75, 3.05) is 0 Å². The molecule has 3 aromatic rings. The van der Waals surface area contributed by atoms with Gasteiger partial charge < -0.3 is 10.2 Å². The summed E-state index contributed by atoms with van der Waals surface area (Å²) in [5.74, 6) is -0.0155. The Kier molecular flexibility index (Phi) is 6.05. The van der Waals surface area contributed by atoms with E-state index in [0.717, 1.165) is 53.9 Å². The van der Waals surface area contributed by atoms with E-state index in [1.165, 1.54) is 0 Å². The van der Waals surface area contributed by atoms with E-state index in [9.17, 15) is 9.59 Å². The second-order valence-corrected chi connectivity index (χ2v) is 9.31. The Balaban J connectivity index is 1.28. The molecule has 0 atom stereocenters. The van der Waals surface area contributed by atoms with Crippen LogP contribution in [0, 0.1) is 13.8 Å². The summed E-state index contributed by atoms with van der Waals surface area (Å²) < 4.78 is 1.92. The van der Waals surface area contributed by atoms with Crippen molar-refractivity contribution >= 4 is 17.9 Å². The smallest absolute Gasteiger partial charge is 0.251 e. The van der Waals surface area contributed by atoms with Gasteiger partial charge >= 0.3 is 0 Å². The van der Waals surface area contributed by atoms with Crippen LogP contribution in [0.4, 0.5) is 0 Å². The van der Waals surface area contributed by atoms with Gasteiger partial charge in [0.25, 0.3) is 5.91 Å². The van der Waals surface area contributed by atoms with Crippen molar-refractivity contribution in [3.8, 4) is 5.69 Å². The van der Waals surface area contributed by atoms with Crippen molar-refractivity contribution in [2.45, 2.75) is 58.2 Å². The molecule has 1 heterocycles. The SMILES string of the molecule is Cc1nn(-c2ccccc2)c(C)c1/C=C/C(=O)N(Cc1ccc(C(=O)NC2CC2)cc1)C1CC1. The number of benzene rings is 2. The highest BCUT2D eigenvalue weighted by Crippen LogP contribution is 2.29. The fourth-order valence-corrected chi connectivity index (χ4v) is 4.19. The van der Waals surface area contributed by atoms with E-state index >= 15 is 0 Å². The zero-order valence-corrected chi connectivity index (χ0v) is 19.7.